The normalized spacial score (nSPS) is 12.2. The summed E-state index contributed by atoms with van der Waals surface area (Å²) in [5, 5.41) is 8.89. The Morgan fingerprint density at radius 2 is 0.783 bits per heavy atom. The van der Waals surface area contributed by atoms with Crippen molar-refractivity contribution in [1.29, 1.82) is 0 Å². The summed E-state index contributed by atoms with van der Waals surface area (Å²) in [6.45, 7) is 4.55. The maximum Gasteiger partial charge on any atom is 0.306 e. The molecule has 0 aromatic carbocycles. The Morgan fingerprint density at radius 1 is 0.457 bits per heavy atom. The fraction of sp³-hybridized carbons (Fsp3) is 0.905. The van der Waals surface area contributed by atoms with Gasteiger partial charge in [0.05, 0.1) is 0 Å². The molecule has 0 aliphatic rings. The molecule has 0 fully saturated rings. The van der Waals surface area contributed by atoms with Crippen molar-refractivity contribution < 1.29 is 19.4 Å². The molecule has 0 aromatic rings. The zero-order chi connectivity index (χ0) is 33.6. The number of carboxylic acids is 1. The van der Waals surface area contributed by atoms with Gasteiger partial charge < -0.3 is 9.84 Å². The van der Waals surface area contributed by atoms with Crippen LogP contribution in [0.3, 0.4) is 0 Å². The quantitative estimate of drug-likeness (QED) is 0.0411. The number of carbonyl (C=O) groups is 2. The van der Waals surface area contributed by atoms with E-state index in [1.165, 1.54) is 161 Å². The lowest BCUT2D eigenvalue weighted by molar-refractivity contribution is -0.150. The highest BCUT2D eigenvalue weighted by Crippen LogP contribution is 2.19. The van der Waals surface area contributed by atoms with E-state index in [1.54, 1.807) is 0 Å². The molecule has 0 saturated heterocycles. The Kier molecular flexibility index (Phi) is 37.0. The van der Waals surface area contributed by atoms with Gasteiger partial charge >= 0.3 is 11.9 Å². The van der Waals surface area contributed by atoms with E-state index in [1.807, 2.05) is 0 Å². The summed E-state index contributed by atoms with van der Waals surface area (Å²) in [4.78, 5) is 23.4. The molecule has 0 spiro atoms. The van der Waals surface area contributed by atoms with Crippen LogP contribution in [0, 0.1) is 0 Å². The van der Waals surface area contributed by atoms with Gasteiger partial charge in [-0.3, -0.25) is 9.59 Å². The third kappa shape index (κ3) is 37.1. The molecule has 1 atom stereocenters. The summed E-state index contributed by atoms with van der Waals surface area (Å²) in [6, 6.07) is 0. The van der Waals surface area contributed by atoms with Crippen LogP contribution >= 0.6 is 0 Å². The number of hydrogen-bond acceptors (Lipinski definition) is 3. The number of rotatable bonds is 38. The molecule has 4 heteroatoms. The van der Waals surface area contributed by atoms with Crippen LogP contribution in [0.2, 0.25) is 0 Å². The van der Waals surface area contributed by atoms with Crippen LogP contribution in [0.4, 0.5) is 0 Å². The maximum absolute atomic E-state index is 12.6. The van der Waals surface area contributed by atoms with Crippen molar-refractivity contribution in [2.75, 3.05) is 0 Å². The van der Waals surface area contributed by atoms with E-state index in [-0.39, 0.29) is 18.5 Å². The number of allylic oxidation sites excluding steroid dienone is 2. The van der Waals surface area contributed by atoms with Crippen molar-refractivity contribution in [3.63, 3.8) is 0 Å². The van der Waals surface area contributed by atoms with Crippen LogP contribution in [0.25, 0.3) is 0 Å². The number of ether oxygens (including phenoxy) is 1. The van der Waals surface area contributed by atoms with Gasteiger partial charge in [0.2, 0.25) is 0 Å². The van der Waals surface area contributed by atoms with Crippen molar-refractivity contribution >= 4 is 11.9 Å². The van der Waals surface area contributed by atoms with Crippen molar-refractivity contribution in [3.8, 4) is 0 Å². The van der Waals surface area contributed by atoms with E-state index in [9.17, 15) is 9.59 Å². The molecule has 0 radical (unpaired) electrons. The van der Waals surface area contributed by atoms with E-state index in [2.05, 4.69) is 26.0 Å². The number of unbranched alkanes of at least 4 members (excludes halogenated alkanes) is 27. The predicted molar refractivity (Wildman–Crippen MR) is 200 cm³/mol. The van der Waals surface area contributed by atoms with Crippen LogP contribution < -0.4 is 0 Å². The number of aliphatic carboxylic acids is 1. The topological polar surface area (TPSA) is 63.6 Å². The molecule has 272 valence electrons. The molecular weight excluding hydrogens is 568 g/mol. The second-order valence-corrected chi connectivity index (χ2v) is 14.2. The van der Waals surface area contributed by atoms with Crippen LogP contribution in [-0.4, -0.2) is 23.1 Å². The second kappa shape index (κ2) is 38.1. The van der Waals surface area contributed by atoms with Crippen molar-refractivity contribution in [2.24, 2.45) is 0 Å². The van der Waals surface area contributed by atoms with Crippen molar-refractivity contribution in [1.82, 2.24) is 0 Å². The molecule has 0 aromatic heterocycles. The summed E-state index contributed by atoms with van der Waals surface area (Å²) in [6.07, 6.45) is 46.6. The zero-order valence-corrected chi connectivity index (χ0v) is 31.2. The summed E-state index contributed by atoms with van der Waals surface area (Å²) in [5.74, 6) is -0.749. The third-order valence-electron chi connectivity index (χ3n) is 9.49. The fourth-order valence-corrected chi connectivity index (χ4v) is 6.42. The first-order valence-electron chi connectivity index (χ1n) is 20.7. The zero-order valence-electron chi connectivity index (χ0n) is 31.2. The Hall–Kier alpha value is -1.32. The van der Waals surface area contributed by atoms with Gasteiger partial charge in [-0.05, 0) is 64.2 Å². The Balaban J connectivity index is 3.84. The van der Waals surface area contributed by atoms with Crippen LogP contribution in [0.15, 0.2) is 12.2 Å². The molecule has 0 saturated carbocycles. The molecule has 0 bridgehead atoms. The van der Waals surface area contributed by atoms with E-state index >= 15 is 0 Å². The number of carbonyl (C=O) groups excluding carboxylic acids is 1. The largest absolute Gasteiger partial charge is 0.481 e. The molecule has 1 N–H and O–H groups in total. The molecule has 0 heterocycles. The van der Waals surface area contributed by atoms with E-state index in [0.717, 1.165) is 44.9 Å². The van der Waals surface area contributed by atoms with Gasteiger partial charge in [-0.2, -0.15) is 0 Å². The van der Waals surface area contributed by atoms with Gasteiger partial charge in [0, 0.05) is 12.8 Å². The van der Waals surface area contributed by atoms with Crippen LogP contribution in [0.1, 0.15) is 239 Å². The van der Waals surface area contributed by atoms with Crippen LogP contribution in [-0.2, 0) is 14.3 Å². The maximum atomic E-state index is 12.6. The summed E-state index contributed by atoms with van der Waals surface area (Å²) >= 11 is 0. The van der Waals surface area contributed by atoms with Crippen LogP contribution in [0.5, 0.6) is 0 Å². The lowest BCUT2D eigenvalue weighted by Crippen LogP contribution is -2.18. The monoisotopic (exact) mass is 649 g/mol. The van der Waals surface area contributed by atoms with E-state index in [0.29, 0.717) is 12.8 Å². The average Bonchev–Trinajstić information content (AvgIpc) is 3.04. The molecular formula is C42H80O4. The molecule has 4 nitrogen and oxygen atoms in total. The highest BCUT2D eigenvalue weighted by atomic mass is 16.5. The smallest absolute Gasteiger partial charge is 0.306 e. The lowest BCUT2D eigenvalue weighted by atomic mass is 10.0. The molecule has 0 aliphatic heterocycles. The first-order valence-corrected chi connectivity index (χ1v) is 20.7. The van der Waals surface area contributed by atoms with Crippen molar-refractivity contribution in [2.45, 2.75) is 245 Å². The van der Waals surface area contributed by atoms with E-state index < -0.39 is 5.97 Å². The third-order valence-corrected chi connectivity index (χ3v) is 9.49. The fourth-order valence-electron chi connectivity index (χ4n) is 6.42. The molecule has 0 aliphatic carbocycles. The highest BCUT2D eigenvalue weighted by molar-refractivity contribution is 5.69. The SMILES string of the molecule is CCCCCCCC/C=C\CCCCCCCCCCCC(=O)OC(CCCCCCCCCCCCC)CCCCCC(=O)O. The number of esters is 1. The standard InChI is InChI=1S/C42H80O4/c1-3-5-7-9-11-13-15-16-17-18-19-20-21-22-24-26-28-30-35-39-42(45)46-40(37-33-31-34-38-41(43)44)36-32-29-27-25-23-14-12-10-8-6-4-2/h16-17,40H,3-15,18-39H2,1-2H3,(H,43,44)/b17-16-. The minimum Gasteiger partial charge on any atom is -0.481 e. The average molecular weight is 649 g/mol. The highest BCUT2D eigenvalue weighted by Gasteiger charge is 2.14. The number of hydrogen-bond donors (Lipinski definition) is 1. The number of carboxylic acid groups (broad SMARTS) is 1. The van der Waals surface area contributed by atoms with Gasteiger partial charge in [-0.25, -0.2) is 0 Å². The minimum absolute atomic E-state index is 0.00621. The first-order chi connectivity index (χ1) is 22.6. The Morgan fingerprint density at radius 3 is 1.20 bits per heavy atom. The summed E-state index contributed by atoms with van der Waals surface area (Å²) in [7, 11) is 0. The molecule has 1 unspecified atom stereocenters. The van der Waals surface area contributed by atoms with Gasteiger partial charge in [-0.15, -0.1) is 0 Å². The minimum atomic E-state index is -0.721. The molecule has 0 rings (SSSR count). The Bertz CT molecular complexity index is 658. The summed E-state index contributed by atoms with van der Waals surface area (Å²) in [5.41, 5.74) is 0. The first kappa shape index (κ1) is 44.7. The molecule has 0 amide bonds. The van der Waals surface area contributed by atoms with Gasteiger partial charge in [0.1, 0.15) is 6.10 Å². The predicted octanol–water partition coefficient (Wildman–Crippen LogP) is 14.2. The lowest BCUT2D eigenvalue weighted by Gasteiger charge is -2.18. The Labute approximate surface area is 287 Å². The van der Waals surface area contributed by atoms with Gasteiger partial charge in [-0.1, -0.05) is 174 Å². The summed E-state index contributed by atoms with van der Waals surface area (Å²) < 4.78 is 5.95. The second-order valence-electron chi connectivity index (χ2n) is 14.2. The van der Waals surface area contributed by atoms with Gasteiger partial charge in [0.15, 0.2) is 0 Å². The van der Waals surface area contributed by atoms with Gasteiger partial charge in [0.25, 0.3) is 0 Å². The van der Waals surface area contributed by atoms with E-state index in [4.69, 9.17) is 9.84 Å². The molecule has 46 heavy (non-hydrogen) atoms. The van der Waals surface area contributed by atoms with Crippen molar-refractivity contribution in [3.05, 3.63) is 12.2 Å².